The summed E-state index contributed by atoms with van der Waals surface area (Å²) in [4.78, 5) is 11.5. The number of methoxy groups -OCH3 is 1. The van der Waals surface area contributed by atoms with Crippen LogP contribution < -0.4 is 15.2 Å². The van der Waals surface area contributed by atoms with E-state index in [9.17, 15) is 4.79 Å². The van der Waals surface area contributed by atoms with E-state index >= 15 is 0 Å². The second-order valence-electron chi connectivity index (χ2n) is 4.59. The number of amides is 1. The molecule has 0 radical (unpaired) electrons. The normalized spacial score (nSPS) is 10.6. The first kappa shape index (κ1) is 16.1. The second kappa shape index (κ2) is 6.75. The number of nitrogens with two attached hydrogens (primary N) is 1. The summed E-state index contributed by atoms with van der Waals surface area (Å²) < 4.78 is 22.1. The molecule has 24 heavy (non-hydrogen) atoms. The summed E-state index contributed by atoms with van der Waals surface area (Å²) in [5.41, 5.74) is 5.55. The summed E-state index contributed by atoms with van der Waals surface area (Å²) in [6.07, 6.45) is 0. The summed E-state index contributed by atoms with van der Waals surface area (Å²) in [5.74, 6) is 0.814. The number of hydrogen-bond acceptors (Lipinski definition) is 7. The number of hydrogen-bond donors (Lipinski definition) is 1. The first-order chi connectivity index (χ1) is 11.6. The Balaban J connectivity index is 1.79. The fourth-order valence-electron chi connectivity index (χ4n) is 1.99. The van der Waals surface area contributed by atoms with Crippen LogP contribution in [-0.4, -0.2) is 23.2 Å². The van der Waals surface area contributed by atoms with E-state index in [1.54, 1.807) is 30.3 Å². The zero-order valence-electron chi connectivity index (χ0n) is 12.5. The third kappa shape index (κ3) is 3.25. The smallest absolute Gasteiger partial charge is 0.283 e. The molecule has 0 aliphatic heterocycles. The summed E-state index contributed by atoms with van der Waals surface area (Å²) in [5, 5.41) is 7.75. The van der Waals surface area contributed by atoms with Crippen molar-refractivity contribution in [1.82, 2.24) is 10.2 Å². The average molecular weight is 394 g/mol. The van der Waals surface area contributed by atoms with Crippen LogP contribution >= 0.6 is 15.9 Å². The SMILES string of the molecule is COc1cccc(C(N)=O)c1OCc1nnc(-c2ccc(Br)o2)o1. The van der Waals surface area contributed by atoms with Crippen molar-refractivity contribution in [2.24, 2.45) is 5.73 Å². The maximum absolute atomic E-state index is 11.5. The summed E-state index contributed by atoms with van der Waals surface area (Å²) in [6.45, 7) is -0.0600. The summed E-state index contributed by atoms with van der Waals surface area (Å²) >= 11 is 3.20. The Kier molecular flexibility index (Phi) is 4.52. The van der Waals surface area contributed by atoms with Gasteiger partial charge in [-0.3, -0.25) is 4.79 Å². The number of carbonyl (C=O) groups excluding carboxylic acids is 1. The van der Waals surface area contributed by atoms with Crippen LogP contribution in [0.25, 0.3) is 11.7 Å². The number of benzene rings is 1. The number of rotatable bonds is 6. The highest BCUT2D eigenvalue weighted by atomic mass is 79.9. The molecule has 0 bridgehead atoms. The molecule has 2 N–H and O–H groups in total. The van der Waals surface area contributed by atoms with Gasteiger partial charge in [0.2, 0.25) is 0 Å². The molecule has 2 aromatic heterocycles. The molecule has 0 unspecified atom stereocenters. The Bertz CT molecular complexity index is 874. The van der Waals surface area contributed by atoms with Crippen LogP contribution in [0.5, 0.6) is 11.5 Å². The third-order valence-corrected chi connectivity index (χ3v) is 3.48. The molecule has 0 atom stereocenters. The van der Waals surface area contributed by atoms with E-state index in [0.29, 0.717) is 16.2 Å². The van der Waals surface area contributed by atoms with E-state index < -0.39 is 5.91 Å². The van der Waals surface area contributed by atoms with Gasteiger partial charge in [0, 0.05) is 0 Å². The van der Waals surface area contributed by atoms with Gasteiger partial charge in [-0.25, -0.2) is 0 Å². The molecule has 3 rings (SSSR count). The second-order valence-corrected chi connectivity index (χ2v) is 5.38. The molecule has 0 fully saturated rings. The monoisotopic (exact) mass is 393 g/mol. The molecule has 0 aliphatic carbocycles. The fourth-order valence-corrected chi connectivity index (χ4v) is 2.30. The van der Waals surface area contributed by atoms with Crippen LogP contribution in [0.15, 0.2) is 43.8 Å². The molecule has 8 nitrogen and oxygen atoms in total. The number of primary amides is 1. The molecule has 3 aromatic rings. The first-order valence-corrected chi connectivity index (χ1v) is 7.55. The molecule has 1 aromatic carbocycles. The number of para-hydroxylation sites is 1. The average Bonchev–Trinajstić information content (AvgIpc) is 3.21. The molecule has 1 amide bonds. The first-order valence-electron chi connectivity index (χ1n) is 6.76. The standard InChI is InChI=1S/C15H12BrN3O5/c1-21-9-4-2-3-8(14(17)20)13(9)22-7-12-18-19-15(24-12)10-5-6-11(16)23-10/h2-6H,7H2,1H3,(H2,17,20). The lowest BCUT2D eigenvalue weighted by atomic mass is 10.2. The van der Waals surface area contributed by atoms with Gasteiger partial charge in [-0.1, -0.05) is 6.07 Å². The summed E-state index contributed by atoms with van der Waals surface area (Å²) in [7, 11) is 1.46. The predicted octanol–water partition coefficient (Wildman–Crippen LogP) is 2.78. The van der Waals surface area contributed by atoms with Gasteiger partial charge < -0.3 is 24.0 Å². The van der Waals surface area contributed by atoms with Crippen molar-refractivity contribution < 1.29 is 23.1 Å². The molecule has 2 heterocycles. The fraction of sp³-hybridized carbons (Fsp3) is 0.133. The zero-order chi connectivity index (χ0) is 17.1. The van der Waals surface area contributed by atoms with Gasteiger partial charge in [-0.05, 0) is 40.2 Å². The van der Waals surface area contributed by atoms with E-state index in [4.69, 9.17) is 24.0 Å². The topological polar surface area (TPSA) is 114 Å². The van der Waals surface area contributed by atoms with E-state index in [2.05, 4.69) is 26.1 Å². The van der Waals surface area contributed by atoms with Crippen molar-refractivity contribution in [3.05, 3.63) is 46.5 Å². The van der Waals surface area contributed by atoms with Crippen LogP contribution in [0.1, 0.15) is 16.2 Å². The maximum Gasteiger partial charge on any atom is 0.283 e. The van der Waals surface area contributed by atoms with Crippen LogP contribution in [0, 0.1) is 0 Å². The van der Waals surface area contributed by atoms with Crippen LogP contribution in [0.3, 0.4) is 0 Å². The Morgan fingerprint density at radius 3 is 2.75 bits per heavy atom. The lowest BCUT2D eigenvalue weighted by Gasteiger charge is -2.11. The van der Waals surface area contributed by atoms with Crippen molar-refractivity contribution in [2.45, 2.75) is 6.61 Å². The zero-order valence-corrected chi connectivity index (χ0v) is 14.1. The van der Waals surface area contributed by atoms with E-state index in [1.807, 2.05) is 0 Å². The third-order valence-electron chi connectivity index (χ3n) is 3.06. The van der Waals surface area contributed by atoms with Crippen LogP contribution in [0.2, 0.25) is 0 Å². The Labute approximate surface area is 144 Å². The van der Waals surface area contributed by atoms with Crippen LogP contribution in [-0.2, 0) is 6.61 Å². The van der Waals surface area contributed by atoms with Gasteiger partial charge in [-0.2, -0.15) is 0 Å². The van der Waals surface area contributed by atoms with Crippen molar-refractivity contribution in [3.8, 4) is 23.1 Å². The van der Waals surface area contributed by atoms with E-state index in [0.717, 1.165) is 0 Å². The lowest BCUT2D eigenvalue weighted by molar-refractivity contribution is 0.0994. The van der Waals surface area contributed by atoms with Crippen molar-refractivity contribution in [3.63, 3.8) is 0 Å². The Morgan fingerprint density at radius 2 is 2.08 bits per heavy atom. The minimum absolute atomic E-state index is 0.0600. The minimum atomic E-state index is -0.629. The molecular formula is C15H12BrN3O5. The Hall–Kier alpha value is -2.81. The quantitative estimate of drug-likeness (QED) is 0.684. The molecule has 9 heteroatoms. The van der Waals surface area contributed by atoms with E-state index in [-0.39, 0.29) is 29.7 Å². The number of ether oxygens (including phenoxy) is 2. The number of halogens is 1. The predicted molar refractivity (Wildman–Crippen MR) is 85.5 cm³/mol. The van der Waals surface area contributed by atoms with Gasteiger partial charge in [0.15, 0.2) is 28.5 Å². The molecule has 0 spiro atoms. The van der Waals surface area contributed by atoms with Gasteiger partial charge in [0.25, 0.3) is 17.7 Å². The largest absolute Gasteiger partial charge is 0.493 e. The number of nitrogens with zero attached hydrogens (tertiary/aromatic N) is 2. The molecule has 0 aliphatic rings. The van der Waals surface area contributed by atoms with Gasteiger partial charge >= 0.3 is 0 Å². The highest BCUT2D eigenvalue weighted by molar-refractivity contribution is 9.10. The molecule has 0 saturated heterocycles. The number of aromatic nitrogens is 2. The van der Waals surface area contributed by atoms with Crippen molar-refractivity contribution in [1.29, 1.82) is 0 Å². The minimum Gasteiger partial charge on any atom is -0.493 e. The van der Waals surface area contributed by atoms with Crippen LogP contribution in [0.4, 0.5) is 0 Å². The van der Waals surface area contributed by atoms with Gasteiger partial charge in [0.1, 0.15) is 0 Å². The number of furan rings is 1. The van der Waals surface area contributed by atoms with Crippen molar-refractivity contribution in [2.75, 3.05) is 7.11 Å². The van der Waals surface area contributed by atoms with Gasteiger partial charge in [0.05, 0.1) is 12.7 Å². The molecular weight excluding hydrogens is 382 g/mol. The van der Waals surface area contributed by atoms with Crippen molar-refractivity contribution >= 4 is 21.8 Å². The summed E-state index contributed by atoms with van der Waals surface area (Å²) in [6, 6.07) is 8.24. The highest BCUT2D eigenvalue weighted by Crippen LogP contribution is 2.31. The number of carbonyl (C=O) groups is 1. The maximum atomic E-state index is 11.5. The highest BCUT2D eigenvalue weighted by Gasteiger charge is 2.17. The lowest BCUT2D eigenvalue weighted by Crippen LogP contribution is -2.13. The van der Waals surface area contributed by atoms with E-state index in [1.165, 1.54) is 7.11 Å². The Morgan fingerprint density at radius 1 is 1.25 bits per heavy atom. The van der Waals surface area contributed by atoms with Gasteiger partial charge in [-0.15, -0.1) is 10.2 Å². The molecule has 124 valence electrons. The molecule has 0 saturated carbocycles.